The Hall–Kier alpha value is -4.33. The molecule has 2 aliphatic heterocycles. The molecule has 11 heteroatoms. The van der Waals surface area contributed by atoms with Gasteiger partial charge < -0.3 is 20.9 Å². The van der Waals surface area contributed by atoms with Crippen LogP contribution in [0.25, 0.3) is 0 Å². The maximum atomic E-state index is 14.1. The van der Waals surface area contributed by atoms with Gasteiger partial charge in [-0.3, -0.25) is 19.2 Å². The van der Waals surface area contributed by atoms with Gasteiger partial charge in [0.2, 0.25) is 23.6 Å². The summed E-state index contributed by atoms with van der Waals surface area (Å²) < 4.78 is 27.7. The Labute approximate surface area is 237 Å². The summed E-state index contributed by atoms with van der Waals surface area (Å²) in [7, 11) is 0. The third-order valence-corrected chi connectivity index (χ3v) is 7.65. The van der Waals surface area contributed by atoms with Crippen LogP contribution in [-0.4, -0.2) is 47.2 Å². The normalized spacial score (nSPS) is 20.7. The number of halogens is 2. The van der Waals surface area contributed by atoms with Crippen LogP contribution in [0.5, 0.6) is 0 Å². The number of para-hydroxylation sites is 1. The van der Waals surface area contributed by atoms with E-state index in [1.165, 1.54) is 18.7 Å². The molecule has 2 aliphatic rings. The second-order valence-corrected chi connectivity index (χ2v) is 12.4. The fourth-order valence-electron chi connectivity index (χ4n) is 5.31. The zero-order chi connectivity index (χ0) is 30.3. The Morgan fingerprint density at radius 1 is 1.12 bits per heavy atom. The van der Waals surface area contributed by atoms with Crippen molar-refractivity contribution in [2.75, 3.05) is 17.2 Å². The van der Waals surface area contributed by atoms with Crippen LogP contribution in [0.3, 0.4) is 0 Å². The molecular weight excluding hydrogens is 532 g/mol. The number of fused-ring (bicyclic) bond motifs is 2. The molecule has 2 aromatic carbocycles. The molecule has 2 heterocycles. The molecule has 0 unspecified atom stereocenters. The average molecular weight is 566 g/mol. The second-order valence-electron chi connectivity index (χ2n) is 12.4. The van der Waals surface area contributed by atoms with Gasteiger partial charge in [0, 0.05) is 24.7 Å². The molecular formula is C30H33F2N5O4. The van der Waals surface area contributed by atoms with Gasteiger partial charge in [0.15, 0.2) is 0 Å². The number of carbonyl (C=O) groups excluding carboxylic acids is 4. The van der Waals surface area contributed by atoms with E-state index < -0.39 is 63.4 Å². The highest BCUT2D eigenvalue weighted by Gasteiger charge is 2.56. The van der Waals surface area contributed by atoms with Gasteiger partial charge in [0.25, 0.3) is 0 Å². The minimum atomic E-state index is -1.79. The van der Waals surface area contributed by atoms with Gasteiger partial charge in [-0.25, -0.2) is 8.78 Å². The second kappa shape index (κ2) is 10.6. The van der Waals surface area contributed by atoms with Crippen molar-refractivity contribution >= 4 is 35.0 Å². The first kappa shape index (κ1) is 29.6. The summed E-state index contributed by atoms with van der Waals surface area (Å²) in [5.41, 5.74) is -2.43. The number of hydrogen-bond acceptors (Lipinski definition) is 5. The standard InChI is InChI=1S/C30H33F2N5O4/c1-28(2,3)14-23(36-26(40)29(4,5)25(39)35-22-12-17(31)10-11-20(22)32)24(38)37-16-30(13-18(37)15-33)19-8-6-7-9-21(19)34-27(30)41/h6-12,18,23H,13-14,16H2,1-5H3,(H,34,41)(H,35,39)(H,36,40)/t18-,23-,30-/m0/s1. The maximum absolute atomic E-state index is 14.1. The van der Waals surface area contributed by atoms with E-state index in [-0.39, 0.29) is 25.3 Å². The molecule has 0 saturated carbocycles. The molecule has 4 amide bonds. The largest absolute Gasteiger partial charge is 0.343 e. The van der Waals surface area contributed by atoms with Gasteiger partial charge in [-0.1, -0.05) is 39.0 Å². The first-order valence-corrected chi connectivity index (χ1v) is 13.3. The zero-order valence-corrected chi connectivity index (χ0v) is 23.6. The number of benzene rings is 2. The van der Waals surface area contributed by atoms with Crippen molar-refractivity contribution in [1.29, 1.82) is 5.26 Å². The van der Waals surface area contributed by atoms with Crippen LogP contribution in [0, 0.1) is 33.8 Å². The topological polar surface area (TPSA) is 131 Å². The highest BCUT2D eigenvalue weighted by molar-refractivity contribution is 6.11. The number of hydrogen-bond donors (Lipinski definition) is 3. The number of nitrogens with zero attached hydrogens (tertiary/aromatic N) is 2. The Kier molecular flexibility index (Phi) is 7.65. The highest BCUT2D eigenvalue weighted by atomic mass is 19.1. The monoisotopic (exact) mass is 565 g/mol. The third kappa shape index (κ3) is 5.64. The first-order chi connectivity index (χ1) is 19.1. The number of likely N-dealkylation sites (tertiary alicyclic amines) is 1. The van der Waals surface area contributed by atoms with Crippen LogP contribution < -0.4 is 16.0 Å². The molecule has 3 atom stereocenters. The lowest BCUT2D eigenvalue weighted by Gasteiger charge is -2.33. The molecule has 0 radical (unpaired) electrons. The van der Waals surface area contributed by atoms with Crippen LogP contribution in [0.1, 0.15) is 53.0 Å². The number of rotatable bonds is 6. The lowest BCUT2D eigenvalue weighted by molar-refractivity contribution is -0.143. The van der Waals surface area contributed by atoms with Gasteiger partial charge in [0.05, 0.1) is 17.2 Å². The lowest BCUT2D eigenvalue weighted by atomic mass is 9.80. The summed E-state index contributed by atoms with van der Waals surface area (Å²) in [5, 5.41) is 17.7. The smallest absolute Gasteiger partial charge is 0.246 e. The first-order valence-electron chi connectivity index (χ1n) is 13.3. The molecule has 1 saturated heterocycles. The predicted octanol–water partition coefficient (Wildman–Crippen LogP) is 3.87. The summed E-state index contributed by atoms with van der Waals surface area (Å²) >= 11 is 0. The van der Waals surface area contributed by atoms with Crippen LogP contribution in [0.4, 0.5) is 20.2 Å². The van der Waals surface area contributed by atoms with Crippen molar-refractivity contribution in [2.45, 2.75) is 65.0 Å². The fraction of sp³-hybridized carbons (Fsp3) is 0.433. The molecule has 0 aliphatic carbocycles. The Morgan fingerprint density at radius 2 is 1.80 bits per heavy atom. The molecule has 1 spiro atoms. The molecule has 216 valence electrons. The Morgan fingerprint density at radius 3 is 2.46 bits per heavy atom. The van der Waals surface area contributed by atoms with Crippen LogP contribution in [0.15, 0.2) is 42.5 Å². The van der Waals surface area contributed by atoms with Crippen molar-refractivity contribution in [3.8, 4) is 6.07 Å². The van der Waals surface area contributed by atoms with Crippen LogP contribution in [-0.2, 0) is 24.6 Å². The van der Waals surface area contributed by atoms with Crippen LogP contribution >= 0.6 is 0 Å². The average Bonchev–Trinajstić information content (AvgIpc) is 3.42. The van der Waals surface area contributed by atoms with E-state index in [0.717, 1.165) is 18.2 Å². The minimum absolute atomic E-state index is 0.0495. The quantitative estimate of drug-likeness (QED) is 0.458. The molecule has 2 aromatic rings. The summed E-state index contributed by atoms with van der Waals surface area (Å²) in [5.74, 6) is -4.22. The van der Waals surface area contributed by atoms with E-state index in [4.69, 9.17) is 0 Å². The van der Waals surface area contributed by atoms with Crippen molar-refractivity contribution in [2.24, 2.45) is 10.8 Å². The van der Waals surface area contributed by atoms with E-state index in [9.17, 15) is 33.2 Å². The van der Waals surface area contributed by atoms with E-state index in [2.05, 4.69) is 22.0 Å². The number of nitriles is 1. The molecule has 0 bridgehead atoms. The summed E-state index contributed by atoms with van der Waals surface area (Å²) in [6.45, 7) is 8.17. The van der Waals surface area contributed by atoms with Gasteiger partial charge in [-0.05, 0) is 49.4 Å². The van der Waals surface area contributed by atoms with E-state index in [1.54, 1.807) is 24.3 Å². The van der Waals surface area contributed by atoms with Crippen LogP contribution in [0.2, 0.25) is 0 Å². The third-order valence-electron chi connectivity index (χ3n) is 7.65. The molecule has 9 nitrogen and oxygen atoms in total. The molecule has 3 N–H and O–H groups in total. The van der Waals surface area contributed by atoms with Crippen molar-refractivity contribution in [1.82, 2.24) is 10.2 Å². The van der Waals surface area contributed by atoms with Gasteiger partial charge in [-0.2, -0.15) is 5.26 Å². The SMILES string of the molecule is CC(C)(C)C[C@H](NC(=O)C(C)(C)C(=O)Nc1cc(F)ccc1F)C(=O)N1C[C@]2(C[C@H]1C#N)C(=O)Nc1ccccc12. The van der Waals surface area contributed by atoms with Crippen molar-refractivity contribution in [3.63, 3.8) is 0 Å². The zero-order valence-electron chi connectivity index (χ0n) is 23.6. The minimum Gasteiger partial charge on any atom is -0.343 e. The predicted molar refractivity (Wildman–Crippen MR) is 147 cm³/mol. The summed E-state index contributed by atoms with van der Waals surface area (Å²) in [6, 6.07) is 9.77. The van der Waals surface area contributed by atoms with Gasteiger partial charge in [-0.15, -0.1) is 0 Å². The fourth-order valence-corrected chi connectivity index (χ4v) is 5.31. The molecule has 4 rings (SSSR count). The van der Waals surface area contributed by atoms with E-state index >= 15 is 0 Å². The Bertz CT molecular complexity index is 1460. The van der Waals surface area contributed by atoms with Gasteiger partial charge >= 0.3 is 0 Å². The number of anilines is 2. The van der Waals surface area contributed by atoms with Crippen molar-refractivity contribution in [3.05, 3.63) is 59.7 Å². The maximum Gasteiger partial charge on any atom is 0.246 e. The number of carbonyl (C=O) groups is 4. The van der Waals surface area contributed by atoms with Gasteiger partial charge in [0.1, 0.15) is 29.1 Å². The molecule has 1 fully saturated rings. The van der Waals surface area contributed by atoms with E-state index in [1.807, 2.05) is 20.8 Å². The van der Waals surface area contributed by atoms with E-state index in [0.29, 0.717) is 11.3 Å². The number of amides is 4. The highest BCUT2D eigenvalue weighted by Crippen LogP contribution is 2.46. The number of nitrogens with one attached hydrogen (secondary N) is 3. The summed E-state index contributed by atoms with van der Waals surface area (Å²) in [4.78, 5) is 54.9. The van der Waals surface area contributed by atoms with Crippen molar-refractivity contribution < 1.29 is 28.0 Å². The molecule has 0 aromatic heterocycles. The lowest BCUT2D eigenvalue weighted by Crippen LogP contribution is -2.56. The molecule has 41 heavy (non-hydrogen) atoms. The Balaban J connectivity index is 1.59. The summed E-state index contributed by atoms with van der Waals surface area (Å²) in [6.07, 6.45) is 0.263.